The number of aromatic nitrogens is 3. The number of hydrogen-bond donors (Lipinski definition) is 1. The lowest BCUT2D eigenvalue weighted by Crippen LogP contribution is -2.47. The molecule has 8 nitrogen and oxygen atoms in total. The van der Waals surface area contributed by atoms with E-state index in [0.29, 0.717) is 37.7 Å². The quantitative estimate of drug-likeness (QED) is 0.866. The fraction of sp³-hybridized carbons (Fsp3) is 0.533. The summed E-state index contributed by atoms with van der Waals surface area (Å²) in [5.41, 5.74) is 2.60. The van der Waals surface area contributed by atoms with Crippen LogP contribution in [0.4, 0.5) is 5.82 Å². The third-order valence-corrected chi connectivity index (χ3v) is 5.27. The molecule has 0 amide bonds. The van der Waals surface area contributed by atoms with Crippen LogP contribution < -0.4 is 5.32 Å². The van der Waals surface area contributed by atoms with Crippen LogP contribution in [0.15, 0.2) is 12.4 Å². The maximum atomic E-state index is 11.7. The van der Waals surface area contributed by atoms with E-state index in [2.05, 4.69) is 20.3 Å². The molecular weight excluding hydrogens is 330 g/mol. The van der Waals surface area contributed by atoms with Gasteiger partial charge in [0, 0.05) is 25.3 Å². The van der Waals surface area contributed by atoms with Gasteiger partial charge in [-0.25, -0.2) is 23.4 Å². The first-order chi connectivity index (χ1) is 11.3. The largest absolute Gasteiger partial charge is 0.374 e. The van der Waals surface area contributed by atoms with Crippen LogP contribution in [0.1, 0.15) is 11.3 Å². The number of hydrogen-bond acceptors (Lipinski definition) is 7. The van der Waals surface area contributed by atoms with E-state index in [1.165, 1.54) is 16.9 Å². The molecule has 9 heteroatoms. The van der Waals surface area contributed by atoms with Crippen molar-refractivity contribution < 1.29 is 13.2 Å². The zero-order valence-electron chi connectivity index (χ0n) is 14.0. The smallest absolute Gasteiger partial charge is 0.211 e. The molecule has 0 spiro atoms. The Labute approximate surface area is 141 Å². The number of ether oxygens (including phenoxy) is 1. The van der Waals surface area contributed by atoms with Crippen molar-refractivity contribution in [1.29, 1.82) is 0 Å². The lowest BCUT2D eigenvalue weighted by atomic mass is 10.1. The number of fused-ring (bicyclic) bond motifs is 1. The summed E-state index contributed by atoms with van der Waals surface area (Å²) in [6, 6.07) is 1.99. The Morgan fingerprint density at radius 3 is 2.92 bits per heavy atom. The van der Waals surface area contributed by atoms with Gasteiger partial charge in [-0.15, -0.1) is 0 Å². The Morgan fingerprint density at radius 2 is 2.17 bits per heavy atom. The van der Waals surface area contributed by atoms with Gasteiger partial charge in [-0.3, -0.25) is 0 Å². The molecule has 0 aromatic carbocycles. The number of rotatable bonds is 4. The number of nitrogens with one attached hydrogen (secondary N) is 1. The molecule has 2 aromatic rings. The summed E-state index contributed by atoms with van der Waals surface area (Å²) < 4.78 is 30.5. The van der Waals surface area contributed by atoms with Crippen molar-refractivity contribution in [2.75, 3.05) is 37.8 Å². The predicted octanol–water partition coefficient (Wildman–Crippen LogP) is 0.714. The number of sulfonamides is 1. The highest BCUT2D eigenvalue weighted by atomic mass is 32.2. The number of pyridine rings is 1. The van der Waals surface area contributed by atoms with E-state index in [0.717, 1.165) is 16.6 Å². The Hall–Kier alpha value is -1.84. The van der Waals surface area contributed by atoms with E-state index in [4.69, 9.17) is 4.74 Å². The maximum Gasteiger partial charge on any atom is 0.211 e. The van der Waals surface area contributed by atoms with Crippen molar-refractivity contribution in [3.8, 4) is 0 Å². The van der Waals surface area contributed by atoms with Gasteiger partial charge >= 0.3 is 0 Å². The van der Waals surface area contributed by atoms with Crippen molar-refractivity contribution in [1.82, 2.24) is 19.3 Å². The molecule has 1 fully saturated rings. The monoisotopic (exact) mass is 351 g/mol. The van der Waals surface area contributed by atoms with E-state index >= 15 is 0 Å². The third-order valence-electron chi connectivity index (χ3n) is 4.00. The lowest BCUT2D eigenvalue weighted by Gasteiger charge is -2.31. The number of anilines is 1. The third kappa shape index (κ3) is 3.63. The highest BCUT2D eigenvalue weighted by molar-refractivity contribution is 7.88. The summed E-state index contributed by atoms with van der Waals surface area (Å²) in [6.07, 6.45) is 2.47. The standard InChI is InChI=1S/C15H21N5O3S/c1-10-6-11(2)19-15-13(10)14(17-9-18-15)16-7-12-8-20(4-5-23-12)24(3,21)22/h6,9,12H,4-5,7-8H2,1-3H3,(H,16,17,18,19). The Kier molecular flexibility index (Phi) is 4.66. The van der Waals surface area contributed by atoms with E-state index < -0.39 is 10.0 Å². The van der Waals surface area contributed by atoms with Crippen molar-refractivity contribution in [3.63, 3.8) is 0 Å². The van der Waals surface area contributed by atoms with Crippen LogP contribution in [0.3, 0.4) is 0 Å². The fourth-order valence-corrected chi connectivity index (χ4v) is 3.71. The van der Waals surface area contributed by atoms with E-state index in [9.17, 15) is 8.42 Å². The summed E-state index contributed by atoms with van der Waals surface area (Å²) in [5.74, 6) is 0.685. The molecule has 0 aliphatic carbocycles. The Balaban J connectivity index is 1.77. The van der Waals surface area contributed by atoms with Crippen LogP contribution in [0.2, 0.25) is 0 Å². The first kappa shape index (κ1) is 17.0. The van der Waals surface area contributed by atoms with Gasteiger partial charge in [0.15, 0.2) is 5.65 Å². The number of nitrogens with zero attached hydrogens (tertiary/aromatic N) is 4. The zero-order chi connectivity index (χ0) is 17.3. The molecule has 1 unspecified atom stereocenters. The Bertz CT molecular complexity index is 856. The van der Waals surface area contributed by atoms with Crippen molar-refractivity contribution in [3.05, 3.63) is 23.7 Å². The molecule has 0 saturated carbocycles. The predicted molar refractivity (Wildman–Crippen MR) is 91.5 cm³/mol. The minimum atomic E-state index is -3.20. The number of morpholine rings is 1. The average molecular weight is 351 g/mol. The van der Waals surface area contributed by atoms with Crippen molar-refractivity contribution in [2.45, 2.75) is 20.0 Å². The normalized spacial score (nSPS) is 19.5. The molecule has 130 valence electrons. The van der Waals surface area contributed by atoms with Gasteiger partial charge in [-0.1, -0.05) is 0 Å². The summed E-state index contributed by atoms with van der Waals surface area (Å²) in [5, 5.41) is 4.13. The van der Waals surface area contributed by atoms with Crippen LogP contribution in [0, 0.1) is 13.8 Å². The van der Waals surface area contributed by atoms with Gasteiger partial charge in [-0.2, -0.15) is 4.31 Å². The molecule has 2 aromatic heterocycles. The second-order valence-electron chi connectivity index (χ2n) is 6.00. The second kappa shape index (κ2) is 6.58. The maximum absolute atomic E-state index is 11.7. The second-order valence-corrected chi connectivity index (χ2v) is 7.98. The molecule has 1 aliphatic rings. The molecule has 3 heterocycles. The minimum absolute atomic E-state index is 0.225. The van der Waals surface area contributed by atoms with E-state index in [-0.39, 0.29) is 6.10 Å². The zero-order valence-corrected chi connectivity index (χ0v) is 14.8. The molecule has 3 rings (SSSR count). The first-order valence-electron chi connectivity index (χ1n) is 7.74. The molecule has 1 saturated heterocycles. The van der Waals surface area contributed by atoms with Gasteiger partial charge in [0.1, 0.15) is 12.1 Å². The first-order valence-corrected chi connectivity index (χ1v) is 9.59. The summed E-state index contributed by atoms with van der Waals surface area (Å²) in [6.45, 7) is 5.51. The molecule has 24 heavy (non-hydrogen) atoms. The SMILES string of the molecule is Cc1cc(C)c2c(NCC3CN(S(C)(=O)=O)CCO3)ncnc2n1. The highest BCUT2D eigenvalue weighted by Crippen LogP contribution is 2.22. The number of aryl methyl sites for hydroxylation is 2. The van der Waals surface area contributed by atoms with Crippen molar-refractivity contribution >= 4 is 26.9 Å². The molecule has 0 bridgehead atoms. The van der Waals surface area contributed by atoms with E-state index in [1.807, 2.05) is 19.9 Å². The molecular formula is C15H21N5O3S. The van der Waals surface area contributed by atoms with Gasteiger partial charge in [0.05, 0.1) is 24.4 Å². The molecule has 0 radical (unpaired) electrons. The Morgan fingerprint density at radius 1 is 1.38 bits per heavy atom. The summed E-state index contributed by atoms with van der Waals surface area (Å²) in [7, 11) is -3.20. The van der Waals surface area contributed by atoms with Crippen LogP contribution in [0.25, 0.3) is 11.0 Å². The highest BCUT2D eigenvalue weighted by Gasteiger charge is 2.26. The topological polar surface area (TPSA) is 97.3 Å². The van der Waals surface area contributed by atoms with Crippen LogP contribution >= 0.6 is 0 Å². The van der Waals surface area contributed by atoms with Gasteiger partial charge in [-0.05, 0) is 25.5 Å². The van der Waals surface area contributed by atoms with E-state index in [1.54, 1.807) is 0 Å². The fourth-order valence-electron chi connectivity index (χ4n) is 2.87. The summed E-state index contributed by atoms with van der Waals surface area (Å²) in [4.78, 5) is 12.9. The minimum Gasteiger partial charge on any atom is -0.374 e. The van der Waals surface area contributed by atoms with Gasteiger partial charge in [0.2, 0.25) is 10.0 Å². The summed E-state index contributed by atoms with van der Waals surface area (Å²) >= 11 is 0. The molecule has 1 atom stereocenters. The van der Waals surface area contributed by atoms with Crippen molar-refractivity contribution in [2.24, 2.45) is 0 Å². The van der Waals surface area contributed by atoms with Gasteiger partial charge < -0.3 is 10.1 Å². The molecule has 1 N–H and O–H groups in total. The van der Waals surface area contributed by atoms with Crippen LogP contribution in [0.5, 0.6) is 0 Å². The lowest BCUT2D eigenvalue weighted by molar-refractivity contribution is 0.00702. The molecule has 1 aliphatic heterocycles. The van der Waals surface area contributed by atoms with Gasteiger partial charge in [0.25, 0.3) is 0 Å². The average Bonchev–Trinajstić information content (AvgIpc) is 2.51. The van der Waals surface area contributed by atoms with Crippen LogP contribution in [-0.2, 0) is 14.8 Å². The van der Waals surface area contributed by atoms with Crippen LogP contribution in [-0.4, -0.2) is 66.3 Å².